The number of rotatable bonds is 11. The summed E-state index contributed by atoms with van der Waals surface area (Å²) in [6, 6.07) is 17.9. The topological polar surface area (TPSA) is 103 Å². The van der Waals surface area contributed by atoms with E-state index in [1.807, 2.05) is 44.2 Å². The number of ether oxygens (including phenoxy) is 4. The SMILES string of the molecule is COc1ccccc1OCCN1C(=O)S/C(=C\c2ccc(OCC(=O)Nc3ccc(C)c(C)c3)c(OC)c2)C1=O. The number of amides is 3. The summed E-state index contributed by atoms with van der Waals surface area (Å²) in [5, 5.41) is 2.44. The number of hydrogen-bond donors (Lipinski definition) is 1. The first-order valence-electron chi connectivity index (χ1n) is 12.5. The van der Waals surface area contributed by atoms with E-state index < -0.39 is 5.91 Å². The van der Waals surface area contributed by atoms with Crippen LogP contribution in [-0.2, 0) is 9.59 Å². The molecule has 1 fully saturated rings. The highest BCUT2D eigenvalue weighted by Crippen LogP contribution is 2.35. The third-order valence-electron chi connectivity index (χ3n) is 6.15. The van der Waals surface area contributed by atoms with Gasteiger partial charge in [-0.3, -0.25) is 19.3 Å². The number of nitrogens with zero attached hydrogens (tertiary/aromatic N) is 1. The zero-order valence-corrected chi connectivity index (χ0v) is 23.5. The highest BCUT2D eigenvalue weighted by molar-refractivity contribution is 8.18. The summed E-state index contributed by atoms with van der Waals surface area (Å²) >= 11 is 0.858. The van der Waals surface area contributed by atoms with Gasteiger partial charge in [-0.25, -0.2) is 0 Å². The Balaban J connectivity index is 1.35. The molecule has 0 radical (unpaired) electrons. The molecule has 9 nitrogen and oxygen atoms in total. The average Bonchev–Trinajstić information content (AvgIpc) is 3.21. The van der Waals surface area contributed by atoms with Gasteiger partial charge in [0.2, 0.25) is 0 Å². The van der Waals surface area contributed by atoms with Crippen LogP contribution >= 0.6 is 11.8 Å². The summed E-state index contributed by atoms with van der Waals surface area (Å²) in [7, 11) is 3.03. The fourth-order valence-corrected chi connectivity index (χ4v) is 4.75. The number of carbonyl (C=O) groups excluding carboxylic acids is 3. The van der Waals surface area contributed by atoms with Gasteiger partial charge in [-0.2, -0.15) is 0 Å². The van der Waals surface area contributed by atoms with Crippen LogP contribution in [-0.4, -0.2) is 55.9 Å². The predicted octanol–water partition coefficient (Wildman–Crippen LogP) is 5.45. The molecule has 1 saturated heterocycles. The Morgan fingerprint density at radius 1 is 0.875 bits per heavy atom. The van der Waals surface area contributed by atoms with Crippen molar-refractivity contribution in [3.05, 3.63) is 82.3 Å². The van der Waals surface area contributed by atoms with Crippen molar-refractivity contribution in [1.29, 1.82) is 0 Å². The Kier molecular flexibility index (Phi) is 9.34. The second-order valence-electron chi connectivity index (χ2n) is 8.88. The summed E-state index contributed by atoms with van der Waals surface area (Å²) in [6.45, 7) is 4.00. The molecule has 0 aromatic heterocycles. The van der Waals surface area contributed by atoms with E-state index in [9.17, 15) is 14.4 Å². The van der Waals surface area contributed by atoms with Gasteiger partial charge in [0.05, 0.1) is 25.7 Å². The number of nitrogens with one attached hydrogen (secondary N) is 1. The molecule has 0 spiro atoms. The van der Waals surface area contributed by atoms with Crippen molar-refractivity contribution in [2.24, 2.45) is 0 Å². The van der Waals surface area contributed by atoms with E-state index in [4.69, 9.17) is 18.9 Å². The highest BCUT2D eigenvalue weighted by Gasteiger charge is 2.35. The molecule has 3 amide bonds. The van der Waals surface area contributed by atoms with Crippen molar-refractivity contribution in [3.63, 3.8) is 0 Å². The largest absolute Gasteiger partial charge is 0.493 e. The predicted molar refractivity (Wildman–Crippen MR) is 154 cm³/mol. The maximum absolute atomic E-state index is 12.9. The summed E-state index contributed by atoms with van der Waals surface area (Å²) in [4.78, 5) is 39.2. The van der Waals surface area contributed by atoms with Crippen LogP contribution in [0.1, 0.15) is 16.7 Å². The molecule has 1 aliphatic rings. The molecule has 0 atom stereocenters. The summed E-state index contributed by atoms with van der Waals surface area (Å²) in [6.07, 6.45) is 1.62. The summed E-state index contributed by atoms with van der Waals surface area (Å²) < 4.78 is 22.1. The van der Waals surface area contributed by atoms with Crippen LogP contribution in [0.3, 0.4) is 0 Å². The van der Waals surface area contributed by atoms with E-state index in [0.29, 0.717) is 34.2 Å². The van der Waals surface area contributed by atoms with Crippen LogP contribution in [0.2, 0.25) is 0 Å². The molecular formula is C30H30N2O7S. The third kappa shape index (κ3) is 6.95. The van der Waals surface area contributed by atoms with Crippen LogP contribution in [0.15, 0.2) is 65.6 Å². The Morgan fingerprint density at radius 2 is 1.60 bits per heavy atom. The smallest absolute Gasteiger partial charge is 0.293 e. The van der Waals surface area contributed by atoms with Gasteiger partial charge in [-0.15, -0.1) is 0 Å². The molecule has 1 heterocycles. The molecular weight excluding hydrogens is 532 g/mol. The molecule has 40 heavy (non-hydrogen) atoms. The molecule has 1 N–H and O–H groups in total. The molecule has 0 bridgehead atoms. The van der Waals surface area contributed by atoms with E-state index >= 15 is 0 Å². The Hall–Kier alpha value is -4.44. The lowest BCUT2D eigenvalue weighted by atomic mass is 10.1. The van der Waals surface area contributed by atoms with Gasteiger partial charge in [0.25, 0.3) is 17.1 Å². The van der Waals surface area contributed by atoms with Gasteiger partial charge in [-0.1, -0.05) is 24.3 Å². The maximum atomic E-state index is 12.9. The van der Waals surface area contributed by atoms with Crippen molar-refractivity contribution in [1.82, 2.24) is 4.90 Å². The van der Waals surface area contributed by atoms with Crippen LogP contribution in [0, 0.1) is 13.8 Å². The van der Waals surface area contributed by atoms with Gasteiger partial charge in [0.15, 0.2) is 29.6 Å². The second kappa shape index (κ2) is 13.1. The van der Waals surface area contributed by atoms with Crippen molar-refractivity contribution >= 4 is 40.6 Å². The zero-order valence-electron chi connectivity index (χ0n) is 22.7. The minimum absolute atomic E-state index is 0.0976. The van der Waals surface area contributed by atoms with Crippen molar-refractivity contribution in [3.8, 4) is 23.0 Å². The molecule has 1 aliphatic heterocycles. The first-order valence-corrected chi connectivity index (χ1v) is 13.3. The monoisotopic (exact) mass is 562 g/mol. The Morgan fingerprint density at radius 3 is 2.33 bits per heavy atom. The average molecular weight is 563 g/mol. The second-order valence-corrected chi connectivity index (χ2v) is 9.87. The molecule has 3 aromatic carbocycles. The van der Waals surface area contributed by atoms with Crippen LogP contribution < -0.4 is 24.3 Å². The van der Waals surface area contributed by atoms with Gasteiger partial charge in [0.1, 0.15) is 6.61 Å². The number of para-hydroxylation sites is 2. The minimum Gasteiger partial charge on any atom is -0.493 e. The quantitative estimate of drug-likeness (QED) is 0.308. The number of benzene rings is 3. The fraction of sp³-hybridized carbons (Fsp3) is 0.233. The van der Waals surface area contributed by atoms with Crippen LogP contribution in [0.4, 0.5) is 10.5 Å². The van der Waals surface area contributed by atoms with Crippen LogP contribution in [0.5, 0.6) is 23.0 Å². The van der Waals surface area contributed by atoms with Crippen molar-refractivity contribution < 1.29 is 33.3 Å². The summed E-state index contributed by atoms with van der Waals surface area (Å²) in [5.74, 6) is 1.15. The van der Waals surface area contributed by atoms with Crippen molar-refractivity contribution in [2.45, 2.75) is 13.8 Å². The normalized spacial score (nSPS) is 13.9. The molecule has 4 rings (SSSR count). The minimum atomic E-state index is -0.402. The number of methoxy groups -OCH3 is 2. The molecule has 0 unspecified atom stereocenters. The highest BCUT2D eigenvalue weighted by atomic mass is 32.2. The van der Waals surface area contributed by atoms with E-state index in [-0.39, 0.29) is 35.8 Å². The number of hydrogen-bond acceptors (Lipinski definition) is 8. The Labute approximate surface area is 237 Å². The number of imide groups is 1. The maximum Gasteiger partial charge on any atom is 0.293 e. The first-order chi connectivity index (χ1) is 19.3. The lowest BCUT2D eigenvalue weighted by molar-refractivity contribution is -0.123. The number of carbonyl (C=O) groups is 3. The number of anilines is 1. The number of aryl methyl sites for hydroxylation is 2. The molecule has 0 aliphatic carbocycles. The van der Waals surface area contributed by atoms with Gasteiger partial charge in [-0.05, 0) is 84.8 Å². The molecule has 10 heteroatoms. The fourth-order valence-electron chi connectivity index (χ4n) is 3.88. The third-order valence-corrected chi connectivity index (χ3v) is 7.06. The van der Waals surface area contributed by atoms with Gasteiger partial charge in [0, 0.05) is 5.69 Å². The standard InChI is InChI=1S/C30H30N2O7S/c1-19-9-11-22(15-20(19)2)31-28(33)18-39-25-12-10-21(16-26(25)37-4)17-27-29(34)32(30(35)40-27)13-14-38-24-8-6-5-7-23(24)36-3/h5-12,15-17H,13-14,18H2,1-4H3,(H,31,33)/b27-17-. The number of thioether (sulfide) groups is 1. The first kappa shape index (κ1) is 28.6. The van der Waals surface area contributed by atoms with E-state index in [1.165, 1.54) is 7.11 Å². The molecule has 0 saturated carbocycles. The lowest BCUT2D eigenvalue weighted by Crippen LogP contribution is -2.32. The van der Waals surface area contributed by atoms with Crippen molar-refractivity contribution in [2.75, 3.05) is 39.3 Å². The van der Waals surface area contributed by atoms with E-state index in [1.54, 1.807) is 43.5 Å². The zero-order chi connectivity index (χ0) is 28.6. The molecule has 3 aromatic rings. The van der Waals surface area contributed by atoms with Crippen LogP contribution in [0.25, 0.3) is 6.08 Å². The Bertz CT molecular complexity index is 1450. The summed E-state index contributed by atoms with van der Waals surface area (Å²) in [5.41, 5.74) is 3.55. The lowest BCUT2D eigenvalue weighted by Gasteiger charge is -2.14. The van der Waals surface area contributed by atoms with Gasteiger partial charge < -0.3 is 24.3 Å². The van der Waals surface area contributed by atoms with E-state index in [0.717, 1.165) is 27.8 Å². The van der Waals surface area contributed by atoms with E-state index in [2.05, 4.69) is 5.32 Å². The van der Waals surface area contributed by atoms with Gasteiger partial charge >= 0.3 is 0 Å². The molecule has 208 valence electrons.